The predicted molar refractivity (Wildman–Crippen MR) is 35.5 cm³/mol. The molecule has 0 fully saturated rings. The van der Waals surface area contributed by atoms with Gasteiger partial charge in [-0.25, -0.2) is 0 Å². The monoisotopic (exact) mass is 137 g/mol. The quantitative estimate of drug-likeness (QED) is 0.320. The molecular formula is C7H7NO2. The summed E-state index contributed by atoms with van der Waals surface area (Å²) < 4.78 is 0.604. The molecule has 0 aliphatic rings. The molecule has 52 valence electrons. The van der Waals surface area contributed by atoms with Gasteiger partial charge in [0.1, 0.15) is 0 Å². The van der Waals surface area contributed by atoms with E-state index in [9.17, 15) is 10.0 Å². The molecule has 1 heterocycles. The fourth-order valence-corrected chi connectivity index (χ4v) is 0.712. The van der Waals surface area contributed by atoms with Crippen LogP contribution in [0.1, 0.15) is 16.2 Å². The highest BCUT2D eigenvalue weighted by Gasteiger charge is 2.03. The lowest BCUT2D eigenvalue weighted by molar-refractivity contribution is -0.613. The number of aryl methyl sites for hydroxylation is 1. The maximum absolute atomic E-state index is 10.9. The molecule has 0 aliphatic carbocycles. The van der Waals surface area contributed by atoms with Crippen LogP contribution in [0.2, 0.25) is 0 Å². The Morgan fingerprint density at radius 3 is 2.80 bits per heavy atom. The van der Waals surface area contributed by atoms with Gasteiger partial charge in [-0.3, -0.25) is 4.79 Å². The summed E-state index contributed by atoms with van der Waals surface area (Å²) in [7, 11) is 0. The molecule has 0 aromatic carbocycles. The van der Waals surface area contributed by atoms with Crippen molar-refractivity contribution in [3.8, 4) is 0 Å². The molecule has 3 heteroatoms. The molecule has 0 bridgehead atoms. The van der Waals surface area contributed by atoms with Gasteiger partial charge < -0.3 is 5.21 Å². The third-order valence-electron chi connectivity index (χ3n) is 1.28. The third-order valence-corrected chi connectivity index (χ3v) is 1.28. The van der Waals surface area contributed by atoms with Crippen LogP contribution in [-0.4, -0.2) is 6.29 Å². The Kier molecular flexibility index (Phi) is 1.67. The van der Waals surface area contributed by atoms with Gasteiger partial charge in [0.05, 0.1) is 0 Å². The number of hydrogen-bond acceptors (Lipinski definition) is 2. The van der Waals surface area contributed by atoms with Crippen molar-refractivity contribution in [2.75, 3.05) is 0 Å². The summed E-state index contributed by atoms with van der Waals surface area (Å²) in [6.45, 7) is 1.65. The van der Waals surface area contributed by atoms with Crippen LogP contribution in [0, 0.1) is 12.1 Å². The van der Waals surface area contributed by atoms with Crippen LogP contribution < -0.4 is 4.73 Å². The molecule has 0 radical (unpaired) electrons. The molecule has 0 spiro atoms. The number of rotatable bonds is 1. The highest BCUT2D eigenvalue weighted by Crippen LogP contribution is 1.90. The van der Waals surface area contributed by atoms with E-state index >= 15 is 0 Å². The largest absolute Gasteiger partial charge is 0.618 e. The SMILES string of the molecule is Cc1cccc(C=O)[n+]1[O-]. The number of pyridine rings is 1. The molecule has 0 saturated carbocycles. The Balaban J connectivity index is 3.27. The van der Waals surface area contributed by atoms with Gasteiger partial charge in [-0.05, 0) is 6.07 Å². The average Bonchev–Trinajstić information content (AvgIpc) is 1.95. The third kappa shape index (κ3) is 0.978. The topological polar surface area (TPSA) is 44.0 Å². The van der Waals surface area contributed by atoms with E-state index < -0.39 is 0 Å². The Morgan fingerprint density at radius 2 is 2.30 bits per heavy atom. The fraction of sp³-hybridized carbons (Fsp3) is 0.143. The molecular weight excluding hydrogens is 130 g/mol. The van der Waals surface area contributed by atoms with Crippen molar-refractivity contribution >= 4 is 6.29 Å². The van der Waals surface area contributed by atoms with Gasteiger partial charge >= 0.3 is 0 Å². The molecule has 0 amide bonds. The summed E-state index contributed by atoms with van der Waals surface area (Å²) in [5, 5.41) is 10.9. The average molecular weight is 137 g/mol. The van der Waals surface area contributed by atoms with Crippen molar-refractivity contribution in [2.24, 2.45) is 0 Å². The maximum Gasteiger partial charge on any atom is 0.256 e. The Bertz CT molecular complexity index is 258. The summed E-state index contributed by atoms with van der Waals surface area (Å²) in [6.07, 6.45) is 0.542. The van der Waals surface area contributed by atoms with Crippen LogP contribution in [0.3, 0.4) is 0 Å². The second-order valence-corrected chi connectivity index (χ2v) is 2.00. The van der Waals surface area contributed by atoms with Crippen molar-refractivity contribution in [1.29, 1.82) is 0 Å². The van der Waals surface area contributed by atoms with Gasteiger partial charge in [-0.2, -0.15) is 4.73 Å². The lowest BCUT2D eigenvalue weighted by Crippen LogP contribution is -2.34. The zero-order valence-electron chi connectivity index (χ0n) is 5.57. The van der Waals surface area contributed by atoms with Gasteiger partial charge in [0.25, 0.3) is 5.69 Å². The number of aldehydes is 1. The van der Waals surface area contributed by atoms with Crippen molar-refractivity contribution in [3.63, 3.8) is 0 Å². The smallest absolute Gasteiger partial charge is 0.256 e. The van der Waals surface area contributed by atoms with Crippen molar-refractivity contribution < 1.29 is 9.52 Å². The Labute approximate surface area is 58.5 Å². The van der Waals surface area contributed by atoms with E-state index in [1.54, 1.807) is 19.1 Å². The fourth-order valence-electron chi connectivity index (χ4n) is 0.712. The minimum absolute atomic E-state index is 0.153. The first kappa shape index (κ1) is 6.74. The molecule has 0 atom stereocenters. The molecule has 0 N–H and O–H groups in total. The molecule has 0 aliphatic heterocycles. The van der Waals surface area contributed by atoms with Crippen LogP contribution in [-0.2, 0) is 0 Å². The zero-order chi connectivity index (χ0) is 7.56. The van der Waals surface area contributed by atoms with Gasteiger partial charge in [-0.15, -0.1) is 0 Å². The first-order chi connectivity index (χ1) is 4.75. The summed E-state index contributed by atoms with van der Waals surface area (Å²) >= 11 is 0. The van der Waals surface area contributed by atoms with Gasteiger partial charge in [0.15, 0.2) is 5.69 Å². The minimum atomic E-state index is 0.153. The standard InChI is InChI=1S/C7H7NO2/c1-6-3-2-4-7(5-9)8(6)10/h2-5H,1H3. The van der Waals surface area contributed by atoms with Crippen LogP contribution in [0.15, 0.2) is 18.2 Å². The second kappa shape index (κ2) is 2.47. The van der Waals surface area contributed by atoms with E-state index in [0.717, 1.165) is 0 Å². The lowest BCUT2D eigenvalue weighted by atomic mass is 10.3. The molecule has 1 rings (SSSR count). The van der Waals surface area contributed by atoms with E-state index in [1.165, 1.54) is 6.07 Å². The summed E-state index contributed by atoms with van der Waals surface area (Å²) in [5.74, 6) is 0. The second-order valence-electron chi connectivity index (χ2n) is 2.00. The van der Waals surface area contributed by atoms with Crippen molar-refractivity contribution in [1.82, 2.24) is 0 Å². The summed E-state index contributed by atoms with van der Waals surface area (Å²) in [5.41, 5.74) is 0.685. The first-order valence-electron chi connectivity index (χ1n) is 2.90. The van der Waals surface area contributed by atoms with Crippen LogP contribution in [0.5, 0.6) is 0 Å². The lowest BCUT2D eigenvalue weighted by Gasteiger charge is -2.00. The Morgan fingerprint density at radius 1 is 1.60 bits per heavy atom. The van der Waals surface area contributed by atoms with E-state index in [0.29, 0.717) is 16.7 Å². The molecule has 3 nitrogen and oxygen atoms in total. The number of hydrogen-bond donors (Lipinski definition) is 0. The number of carbonyl (C=O) groups is 1. The number of nitrogens with zero attached hydrogens (tertiary/aromatic N) is 1. The van der Waals surface area contributed by atoms with E-state index in [-0.39, 0.29) is 5.69 Å². The zero-order valence-corrected chi connectivity index (χ0v) is 5.57. The summed E-state index contributed by atoms with van der Waals surface area (Å²) in [4.78, 5) is 10.2. The van der Waals surface area contributed by atoms with E-state index in [1.807, 2.05) is 0 Å². The number of aromatic nitrogens is 1. The van der Waals surface area contributed by atoms with Crippen LogP contribution in [0.4, 0.5) is 0 Å². The highest BCUT2D eigenvalue weighted by atomic mass is 16.5. The first-order valence-corrected chi connectivity index (χ1v) is 2.90. The Hall–Kier alpha value is -1.38. The molecule has 1 aromatic rings. The van der Waals surface area contributed by atoms with Crippen LogP contribution in [0.25, 0.3) is 0 Å². The van der Waals surface area contributed by atoms with Crippen molar-refractivity contribution in [3.05, 3.63) is 34.8 Å². The van der Waals surface area contributed by atoms with Gasteiger partial charge in [0, 0.05) is 19.1 Å². The predicted octanol–water partition coefficient (Wildman–Crippen LogP) is 0.441. The summed E-state index contributed by atoms with van der Waals surface area (Å²) in [6, 6.07) is 4.81. The van der Waals surface area contributed by atoms with E-state index in [4.69, 9.17) is 0 Å². The maximum atomic E-state index is 10.9. The molecule has 0 saturated heterocycles. The van der Waals surface area contributed by atoms with E-state index in [2.05, 4.69) is 0 Å². The highest BCUT2D eigenvalue weighted by molar-refractivity contribution is 5.69. The van der Waals surface area contributed by atoms with Gasteiger partial charge in [0.2, 0.25) is 6.29 Å². The normalized spacial score (nSPS) is 9.30. The molecule has 10 heavy (non-hydrogen) atoms. The van der Waals surface area contributed by atoms with Crippen molar-refractivity contribution in [2.45, 2.75) is 6.92 Å². The van der Waals surface area contributed by atoms with Gasteiger partial charge in [-0.1, -0.05) is 0 Å². The molecule has 1 aromatic heterocycles. The van der Waals surface area contributed by atoms with Crippen LogP contribution >= 0.6 is 0 Å². The molecule has 0 unspecified atom stereocenters. The minimum Gasteiger partial charge on any atom is -0.618 e. The number of carbonyl (C=O) groups excluding carboxylic acids is 1.